The van der Waals surface area contributed by atoms with Crippen LogP contribution in [0.25, 0.3) is 0 Å². The lowest BCUT2D eigenvalue weighted by Gasteiger charge is -2.29. The van der Waals surface area contributed by atoms with Gasteiger partial charge in [0.15, 0.2) is 0 Å². The van der Waals surface area contributed by atoms with Gasteiger partial charge in [0.05, 0.1) is 0 Å². The molecule has 0 atom stereocenters. The fraction of sp³-hybridized carbons (Fsp3) is 0.889. The second-order valence-electron chi connectivity index (χ2n) is 4.32. The van der Waals surface area contributed by atoms with Crippen molar-refractivity contribution in [2.75, 3.05) is 6.54 Å². The number of hydrogen-bond acceptors (Lipinski definition) is 1. The Morgan fingerprint density at radius 2 is 1.71 bits per heavy atom. The molecule has 0 bridgehead atoms. The molecule has 84 valence electrons. The highest BCUT2D eigenvalue weighted by atomic mass is 19.4. The molecule has 0 saturated heterocycles. The molecule has 14 heavy (non-hydrogen) atoms. The Kier molecular flexibility index (Phi) is 3.97. The minimum atomic E-state index is -4.78. The van der Waals surface area contributed by atoms with Crippen LogP contribution in [-0.4, -0.2) is 18.6 Å². The van der Waals surface area contributed by atoms with E-state index in [1.807, 2.05) is 33.0 Å². The average molecular weight is 211 g/mol. The minimum absolute atomic E-state index is 0.0308. The maximum absolute atomic E-state index is 11.8. The highest BCUT2D eigenvalue weighted by molar-refractivity contribution is 5.81. The highest BCUT2D eigenvalue weighted by Gasteiger charge is 2.39. The molecular formula is C9H16F3NO. The highest BCUT2D eigenvalue weighted by Crippen LogP contribution is 2.25. The topological polar surface area (TPSA) is 29.1 Å². The molecule has 0 spiro atoms. The first-order valence-corrected chi connectivity index (χ1v) is 4.42. The van der Waals surface area contributed by atoms with Gasteiger partial charge in [-0.3, -0.25) is 4.79 Å². The molecule has 0 saturated carbocycles. The first kappa shape index (κ1) is 13.3. The lowest BCUT2D eigenvalue weighted by molar-refractivity contribution is -0.174. The van der Waals surface area contributed by atoms with Crippen LogP contribution >= 0.6 is 0 Å². The van der Waals surface area contributed by atoms with E-state index in [4.69, 9.17) is 0 Å². The molecule has 0 aromatic rings. The summed E-state index contributed by atoms with van der Waals surface area (Å²) < 4.78 is 35.4. The van der Waals surface area contributed by atoms with Crippen LogP contribution in [0.3, 0.4) is 0 Å². The molecule has 5 heteroatoms. The van der Waals surface area contributed by atoms with Crippen LogP contribution in [0.15, 0.2) is 0 Å². The van der Waals surface area contributed by atoms with Crippen molar-refractivity contribution in [3.63, 3.8) is 0 Å². The second kappa shape index (κ2) is 4.19. The Labute approximate surface area is 81.9 Å². The Balaban J connectivity index is 4.14. The molecule has 0 aliphatic carbocycles. The number of hydrogen-bond donors (Lipinski definition) is 1. The van der Waals surface area contributed by atoms with E-state index in [-0.39, 0.29) is 17.9 Å². The van der Waals surface area contributed by atoms with E-state index in [0.29, 0.717) is 0 Å². The van der Waals surface area contributed by atoms with Gasteiger partial charge in [0, 0.05) is 6.54 Å². The van der Waals surface area contributed by atoms with E-state index in [1.165, 1.54) is 0 Å². The van der Waals surface area contributed by atoms with Crippen LogP contribution in [0.5, 0.6) is 0 Å². The van der Waals surface area contributed by atoms with E-state index in [2.05, 4.69) is 0 Å². The zero-order chi connectivity index (χ0) is 11.6. The molecule has 0 fully saturated rings. The largest absolute Gasteiger partial charge is 0.471 e. The van der Waals surface area contributed by atoms with Crippen LogP contribution in [0.4, 0.5) is 13.2 Å². The van der Waals surface area contributed by atoms with E-state index >= 15 is 0 Å². The summed E-state index contributed by atoms with van der Waals surface area (Å²) in [5.74, 6) is -1.66. The van der Waals surface area contributed by atoms with Crippen molar-refractivity contribution >= 4 is 5.91 Å². The SMILES string of the molecule is CC(C)C(C)(C)CNC(=O)C(F)(F)F. The third-order valence-corrected chi connectivity index (χ3v) is 2.52. The molecule has 1 amide bonds. The van der Waals surface area contributed by atoms with Gasteiger partial charge in [-0.05, 0) is 11.3 Å². The van der Waals surface area contributed by atoms with Crippen molar-refractivity contribution in [1.29, 1.82) is 0 Å². The van der Waals surface area contributed by atoms with Gasteiger partial charge in [0.25, 0.3) is 0 Å². The Hall–Kier alpha value is -0.740. The second-order valence-corrected chi connectivity index (χ2v) is 4.32. The summed E-state index contributed by atoms with van der Waals surface area (Å²) in [6.45, 7) is 7.46. The minimum Gasteiger partial charge on any atom is -0.348 e. The number of rotatable bonds is 3. The summed E-state index contributed by atoms with van der Waals surface area (Å²) in [4.78, 5) is 10.5. The van der Waals surface area contributed by atoms with Gasteiger partial charge in [0.1, 0.15) is 0 Å². The lowest BCUT2D eigenvalue weighted by Crippen LogP contribution is -2.43. The fourth-order valence-electron chi connectivity index (χ4n) is 0.612. The van der Waals surface area contributed by atoms with Crippen molar-refractivity contribution in [3.8, 4) is 0 Å². The lowest BCUT2D eigenvalue weighted by atomic mass is 9.81. The maximum Gasteiger partial charge on any atom is 0.471 e. The van der Waals surface area contributed by atoms with Gasteiger partial charge < -0.3 is 5.32 Å². The first-order valence-electron chi connectivity index (χ1n) is 4.42. The van der Waals surface area contributed by atoms with Crippen LogP contribution in [0.2, 0.25) is 0 Å². The zero-order valence-electron chi connectivity index (χ0n) is 8.83. The quantitative estimate of drug-likeness (QED) is 0.762. The molecule has 1 N–H and O–H groups in total. The van der Waals surface area contributed by atoms with E-state index < -0.39 is 12.1 Å². The summed E-state index contributed by atoms with van der Waals surface area (Å²) in [6, 6.07) is 0. The number of amides is 1. The molecule has 0 heterocycles. The zero-order valence-corrected chi connectivity index (χ0v) is 8.83. The third-order valence-electron chi connectivity index (χ3n) is 2.52. The molecule has 0 unspecified atom stereocenters. The van der Waals surface area contributed by atoms with E-state index in [9.17, 15) is 18.0 Å². The summed E-state index contributed by atoms with van der Waals surface area (Å²) >= 11 is 0. The van der Waals surface area contributed by atoms with Crippen molar-refractivity contribution in [2.24, 2.45) is 11.3 Å². The van der Waals surface area contributed by atoms with Crippen molar-refractivity contribution < 1.29 is 18.0 Å². The standard InChI is InChI=1S/C9H16F3NO/c1-6(2)8(3,4)5-13-7(14)9(10,11)12/h6H,5H2,1-4H3,(H,13,14). The third kappa shape index (κ3) is 3.98. The number of halogens is 3. The summed E-state index contributed by atoms with van der Waals surface area (Å²) in [5.41, 5.74) is -0.332. The predicted octanol–water partition coefficient (Wildman–Crippen LogP) is 2.35. The summed E-state index contributed by atoms with van der Waals surface area (Å²) in [5, 5.41) is 1.88. The van der Waals surface area contributed by atoms with Gasteiger partial charge in [-0.15, -0.1) is 0 Å². The molecule has 0 aliphatic rings. The molecule has 0 aliphatic heterocycles. The molecule has 0 aromatic heterocycles. The molecule has 2 nitrogen and oxygen atoms in total. The normalized spacial score (nSPS) is 13.1. The summed E-state index contributed by atoms with van der Waals surface area (Å²) in [7, 11) is 0. The van der Waals surface area contributed by atoms with Crippen LogP contribution in [0.1, 0.15) is 27.7 Å². The van der Waals surface area contributed by atoms with E-state index in [1.54, 1.807) is 0 Å². The maximum atomic E-state index is 11.8. The predicted molar refractivity (Wildman–Crippen MR) is 47.7 cm³/mol. The van der Waals surface area contributed by atoms with Gasteiger partial charge in [-0.1, -0.05) is 27.7 Å². The van der Waals surface area contributed by atoms with Gasteiger partial charge >= 0.3 is 12.1 Å². The molecule has 0 rings (SSSR count). The van der Waals surface area contributed by atoms with Gasteiger partial charge in [-0.25, -0.2) is 0 Å². The number of carbonyl (C=O) groups is 1. The Morgan fingerprint density at radius 1 is 1.29 bits per heavy atom. The van der Waals surface area contributed by atoms with Crippen LogP contribution < -0.4 is 5.32 Å². The number of carbonyl (C=O) groups excluding carboxylic acids is 1. The van der Waals surface area contributed by atoms with Crippen molar-refractivity contribution in [1.82, 2.24) is 5.32 Å². The molecule has 0 aromatic carbocycles. The fourth-order valence-corrected chi connectivity index (χ4v) is 0.612. The van der Waals surface area contributed by atoms with Crippen molar-refractivity contribution in [2.45, 2.75) is 33.9 Å². The number of nitrogens with one attached hydrogen (secondary N) is 1. The monoisotopic (exact) mass is 211 g/mol. The molecular weight excluding hydrogens is 195 g/mol. The first-order chi connectivity index (χ1) is 6.07. The Morgan fingerprint density at radius 3 is 2.00 bits per heavy atom. The van der Waals surface area contributed by atoms with Crippen LogP contribution in [0, 0.1) is 11.3 Å². The van der Waals surface area contributed by atoms with Gasteiger partial charge in [-0.2, -0.15) is 13.2 Å². The Bertz CT molecular complexity index is 209. The summed E-state index contributed by atoms with van der Waals surface area (Å²) in [6.07, 6.45) is -4.78. The smallest absolute Gasteiger partial charge is 0.348 e. The van der Waals surface area contributed by atoms with Crippen LogP contribution in [-0.2, 0) is 4.79 Å². The van der Waals surface area contributed by atoms with Crippen molar-refractivity contribution in [3.05, 3.63) is 0 Å². The average Bonchev–Trinajstić information content (AvgIpc) is 1.98. The van der Waals surface area contributed by atoms with E-state index in [0.717, 1.165) is 0 Å². The molecule has 0 radical (unpaired) electrons. The van der Waals surface area contributed by atoms with Gasteiger partial charge in [0.2, 0.25) is 0 Å². The number of alkyl halides is 3.